The first-order valence-electron chi connectivity index (χ1n) is 6.62. The van der Waals surface area contributed by atoms with Crippen molar-refractivity contribution in [3.05, 3.63) is 69.8 Å². The number of aromatic nitrogens is 1. The molecule has 0 saturated heterocycles. The van der Waals surface area contributed by atoms with Crippen LogP contribution in [0.1, 0.15) is 15.2 Å². The number of nitrogens with zero attached hydrogens (tertiary/aromatic N) is 1. The van der Waals surface area contributed by atoms with Gasteiger partial charge in [-0.2, -0.15) is 0 Å². The third-order valence-corrected chi connectivity index (χ3v) is 4.39. The average Bonchev–Trinajstić information content (AvgIpc) is 2.90. The first kappa shape index (κ1) is 15.5. The number of hydrogen-bond donors (Lipinski definition) is 2. The topological polar surface area (TPSA) is 68.0 Å². The molecule has 3 N–H and O–H groups in total. The fourth-order valence-electron chi connectivity index (χ4n) is 1.97. The SMILES string of the molecule is Nc1nc(Nc2ccc(F)cc2)sc1C(=O)c1ccccc1Cl. The van der Waals surface area contributed by atoms with E-state index in [1.807, 2.05) is 0 Å². The average molecular weight is 348 g/mol. The molecular weight excluding hydrogens is 337 g/mol. The molecule has 1 aromatic heterocycles. The summed E-state index contributed by atoms with van der Waals surface area (Å²) in [7, 11) is 0. The molecule has 0 amide bonds. The number of carbonyl (C=O) groups is 1. The number of nitrogens with one attached hydrogen (secondary N) is 1. The Hall–Kier alpha value is -2.44. The Kier molecular flexibility index (Phi) is 4.27. The summed E-state index contributed by atoms with van der Waals surface area (Å²) in [4.78, 5) is 17.0. The molecule has 0 spiro atoms. The van der Waals surface area contributed by atoms with Crippen LogP contribution in [0, 0.1) is 5.82 Å². The summed E-state index contributed by atoms with van der Waals surface area (Å²) in [6, 6.07) is 12.6. The van der Waals surface area contributed by atoms with Gasteiger partial charge in [0.05, 0.1) is 5.02 Å². The van der Waals surface area contributed by atoms with Crippen LogP contribution in [-0.4, -0.2) is 10.8 Å². The number of thiazole rings is 1. The molecule has 2 aromatic carbocycles. The van der Waals surface area contributed by atoms with Crippen molar-refractivity contribution in [1.82, 2.24) is 4.98 Å². The van der Waals surface area contributed by atoms with Crippen LogP contribution in [0.5, 0.6) is 0 Å². The molecule has 0 aliphatic carbocycles. The van der Waals surface area contributed by atoms with Gasteiger partial charge in [0.15, 0.2) is 5.13 Å². The minimum Gasteiger partial charge on any atom is -0.382 e. The van der Waals surface area contributed by atoms with Gasteiger partial charge in [-0.25, -0.2) is 9.37 Å². The Balaban J connectivity index is 1.88. The van der Waals surface area contributed by atoms with Gasteiger partial charge in [0.2, 0.25) is 5.78 Å². The van der Waals surface area contributed by atoms with E-state index in [0.29, 0.717) is 26.3 Å². The minimum atomic E-state index is -0.330. The quantitative estimate of drug-likeness (QED) is 0.682. The van der Waals surface area contributed by atoms with Gasteiger partial charge in [-0.1, -0.05) is 35.1 Å². The number of nitrogens with two attached hydrogens (primary N) is 1. The fraction of sp³-hybridized carbons (Fsp3) is 0. The molecule has 0 unspecified atom stereocenters. The van der Waals surface area contributed by atoms with Crippen molar-refractivity contribution in [3.63, 3.8) is 0 Å². The second-order valence-corrected chi connectivity index (χ2v) is 6.08. The Labute approximate surface area is 140 Å². The van der Waals surface area contributed by atoms with Crippen molar-refractivity contribution >= 4 is 45.4 Å². The van der Waals surface area contributed by atoms with Gasteiger partial charge in [-0.05, 0) is 36.4 Å². The maximum absolute atomic E-state index is 12.9. The van der Waals surface area contributed by atoms with E-state index in [0.717, 1.165) is 11.3 Å². The summed E-state index contributed by atoms with van der Waals surface area (Å²) < 4.78 is 12.9. The lowest BCUT2D eigenvalue weighted by Gasteiger charge is -2.01. The molecule has 3 rings (SSSR count). The zero-order chi connectivity index (χ0) is 16.4. The third-order valence-electron chi connectivity index (χ3n) is 3.07. The largest absolute Gasteiger partial charge is 0.382 e. The minimum absolute atomic E-state index is 0.129. The molecule has 0 radical (unpaired) electrons. The highest BCUT2D eigenvalue weighted by Crippen LogP contribution is 2.31. The zero-order valence-electron chi connectivity index (χ0n) is 11.7. The summed E-state index contributed by atoms with van der Waals surface area (Å²) in [5, 5.41) is 3.80. The number of rotatable bonds is 4. The summed E-state index contributed by atoms with van der Waals surface area (Å²) in [5.41, 5.74) is 6.87. The number of halogens is 2. The lowest BCUT2D eigenvalue weighted by atomic mass is 10.1. The fourth-order valence-corrected chi connectivity index (χ4v) is 3.05. The van der Waals surface area contributed by atoms with E-state index in [1.165, 1.54) is 12.1 Å². The summed E-state index contributed by atoms with van der Waals surface area (Å²) in [5.74, 6) is -0.480. The van der Waals surface area contributed by atoms with Crippen molar-refractivity contribution in [3.8, 4) is 0 Å². The van der Waals surface area contributed by atoms with Crippen LogP contribution in [0.15, 0.2) is 48.5 Å². The molecule has 0 aliphatic heterocycles. The molecule has 1 heterocycles. The van der Waals surface area contributed by atoms with Crippen molar-refractivity contribution in [2.75, 3.05) is 11.1 Å². The van der Waals surface area contributed by atoms with E-state index in [1.54, 1.807) is 36.4 Å². The Morgan fingerprint density at radius 2 is 1.87 bits per heavy atom. The molecule has 0 aliphatic rings. The second kappa shape index (κ2) is 6.36. The van der Waals surface area contributed by atoms with Crippen LogP contribution in [-0.2, 0) is 0 Å². The standard InChI is InChI=1S/C16H11ClFN3OS/c17-12-4-2-1-3-11(12)13(22)14-15(19)21-16(23-14)20-10-7-5-9(18)6-8-10/h1-8H,19H2,(H,20,21). The molecule has 0 bridgehead atoms. The van der Waals surface area contributed by atoms with Crippen LogP contribution in [0.25, 0.3) is 0 Å². The van der Waals surface area contributed by atoms with E-state index >= 15 is 0 Å². The predicted molar refractivity (Wildman–Crippen MR) is 91.1 cm³/mol. The van der Waals surface area contributed by atoms with E-state index in [4.69, 9.17) is 17.3 Å². The maximum atomic E-state index is 12.9. The van der Waals surface area contributed by atoms with Crippen LogP contribution in [0.4, 0.5) is 21.0 Å². The van der Waals surface area contributed by atoms with Gasteiger partial charge in [0, 0.05) is 11.3 Å². The van der Waals surface area contributed by atoms with E-state index in [9.17, 15) is 9.18 Å². The van der Waals surface area contributed by atoms with Gasteiger partial charge >= 0.3 is 0 Å². The zero-order valence-corrected chi connectivity index (χ0v) is 13.3. The molecule has 23 heavy (non-hydrogen) atoms. The van der Waals surface area contributed by atoms with Gasteiger partial charge in [-0.3, -0.25) is 4.79 Å². The molecule has 4 nitrogen and oxygen atoms in total. The molecule has 116 valence electrons. The number of hydrogen-bond acceptors (Lipinski definition) is 5. The first-order chi connectivity index (χ1) is 11.0. The number of carbonyl (C=O) groups excluding carboxylic acids is 1. The monoisotopic (exact) mass is 347 g/mol. The maximum Gasteiger partial charge on any atom is 0.208 e. The van der Waals surface area contributed by atoms with Crippen molar-refractivity contribution in [1.29, 1.82) is 0 Å². The van der Waals surface area contributed by atoms with Gasteiger partial charge in [-0.15, -0.1) is 0 Å². The highest BCUT2D eigenvalue weighted by atomic mass is 35.5. The Bertz CT molecular complexity index is 864. The molecule has 0 fully saturated rings. The van der Waals surface area contributed by atoms with Crippen molar-refractivity contribution in [2.24, 2.45) is 0 Å². The number of anilines is 3. The van der Waals surface area contributed by atoms with E-state index in [2.05, 4.69) is 10.3 Å². The van der Waals surface area contributed by atoms with Crippen LogP contribution >= 0.6 is 22.9 Å². The Morgan fingerprint density at radius 1 is 1.17 bits per heavy atom. The lowest BCUT2D eigenvalue weighted by molar-refractivity contribution is 0.104. The van der Waals surface area contributed by atoms with Crippen LogP contribution in [0.2, 0.25) is 5.02 Å². The highest BCUT2D eigenvalue weighted by molar-refractivity contribution is 7.18. The first-order valence-corrected chi connectivity index (χ1v) is 7.82. The second-order valence-electron chi connectivity index (χ2n) is 4.67. The Morgan fingerprint density at radius 3 is 2.57 bits per heavy atom. The molecule has 7 heteroatoms. The van der Waals surface area contributed by atoms with Gasteiger partial charge in [0.25, 0.3) is 0 Å². The van der Waals surface area contributed by atoms with Gasteiger partial charge in [0.1, 0.15) is 16.5 Å². The van der Waals surface area contributed by atoms with Crippen LogP contribution in [0.3, 0.4) is 0 Å². The van der Waals surface area contributed by atoms with Crippen LogP contribution < -0.4 is 11.1 Å². The normalized spacial score (nSPS) is 10.5. The third kappa shape index (κ3) is 3.33. The highest BCUT2D eigenvalue weighted by Gasteiger charge is 2.19. The van der Waals surface area contributed by atoms with Gasteiger partial charge < -0.3 is 11.1 Å². The number of benzene rings is 2. The van der Waals surface area contributed by atoms with E-state index < -0.39 is 0 Å². The number of nitrogen functional groups attached to an aromatic ring is 1. The lowest BCUT2D eigenvalue weighted by Crippen LogP contribution is -2.03. The van der Waals surface area contributed by atoms with Crippen molar-refractivity contribution in [2.45, 2.75) is 0 Å². The summed E-state index contributed by atoms with van der Waals surface area (Å²) in [6.07, 6.45) is 0. The summed E-state index contributed by atoms with van der Waals surface area (Å²) >= 11 is 7.17. The molecule has 3 aromatic rings. The molecule has 0 atom stereocenters. The van der Waals surface area contributed by atoms with E-state index in [-0.39, 0.29) is 17.4 Å². The smallest absolute Gasteiger partial charge is 0.208 e. The number of ketones is 1. The molecular formula is C16H11ClFN3OS. The molecule has 0 saturated carbocycles. The van der Waals surface area contributed by atoms with Crippen molar-refractivity contribution < 1.29 is 9.18 Å². The predicted octanol–water partition coefficient (Wildman–Crippen LogP) is 4.49. The summed E-state index contributed by atoms with van der Waals surface area (Å²) in [6.45, 7) is 0.